The quantitative estimate of drug-likeness (QED) is 0.917. The summed E-state index contributed by atoms with van der Waals surface area (Å²) in [6, 6.07) is 9.12. The third kappa shape index (κ3) is 3.32. The van der Waals surface area contributed by atoms with E-state index in [9.17, 15) is 10.1 Å². The van der Waals surface area contributed by atoms with Gasteiger partial charge in [0.2, 0.25) is 0 Å². The second kappa shape index (κ2) is 6.28. The molecule has 1 aliphatic carbocycles. The molecule has 1 fully saturated rings. The van der Waals surface area contributed by atoms with Crippen LogP contribution >= 0.6 is 11.6 Å². The van der Waals surface area contributed by atoms with Gasteiger partial charge in [0, 0.05) is 10.6 Å². The SMILES string of the molecule is CCC1CCC(C#N)(NC(=O)c2cccc(Cl)c2)CC1. The number of hydrogen-bond donors (Lipinski definition) is 1. The Kier molecular flexibility index (Phi) is 4.67. The fourth-order valence-corrected chi connectivity index (χ4v) is 2.95. The molecule has 1 aromatic carbocycles. The summed E-state index contributed by atoms with van der Waals surface area (Å²) in [5, 5.41) is 12.9. The minimum Gasteiger partial charge on any atom is -0.334 e. The highest BCUT2D eigenvalue weighted by molar-refractivity contribution is 6.30. The second-order valence-corrected chi connectivity index (χ2v) is 5.95. The molecule has 1 amide bonds. The lowest BCUT2D eigenvalue weighted by molar-refractivity contribution is 0.0891. The number of halogens is 1. The number of carbonyl (C=O) groups excluding carboxylic acids is 1. The molecule has 1 aliphatic rings. The third-order valence-corrected chi connectivity index (χ3v) is 4.42. The molecule has 0 spiro atoms. The number of hydrogen-bond acceptors (Lipinski definition) is 2. The number of nitrogens with one attached hydrogen (secondary N) is 1. The van der Waals surface area contributed by atoms with Gasteiger partial charge in [-0.2, -0.15) is 5.26 Å². The van der Waals surface area contributed by atoms with Gasteiger partial charge in [-0.25, -0.2) is 0 Å². The van der Waals surface area contributed by atoms with E-state index in [4.69, 9.17) is 11.6 Å². The van der Waals surface area contributed by atoms with Gasteiger partial charge in [0.15, 0.2) is 0 Å². The molecule has 20 heavy (non-hydrogen) atoms. The summed E-state index contributed by atoms with van der Waals surface area (Å²) in [7, 11) is 0. The highest BCUT2D eigenvalue weighted by atomic mass is 35.5. The molecule has 0 aromatic heterocycles. The Hall–Kier alpha value is -1.53. The molecule has 1 N–H and O–H groups in total. The van der Waals surface area contributed by atoms with Crippen molar-refractivity contribution in [3.05, 3.63) is 34.9 Å². The number of carbonyl (C=O) groups is 1. The topological polar surface area (TPSA) is 52.9 Å². The summed E-state index contributed by atoms with van der Waals surface area (Å²) < 4.78 is 0. The van der Waals surface area contributed by atoms with E-state index in [0.29, 0.717) is 16.5 Å². The fraction of sp³-hybridized carbons (Fsp3) is 0.500. The van der Waals surface area contributed by atoms with Crippen LogP contribution in [0.15, 0.2) is 24.3 Å². The number of nitriles is 1. The lowest BCUT2D eigenvalue weighted by Crippen LogP contribution is -2.49. The number of benzene rings is 1. The minimum atomic E-state index is -0.717. The van der Waals surface area contributed by atoms with E-state index < -0.39 is 5.54 Å². The van der Waals surface area contributed by atoms with Gasteiger partial charge in [-0.15, -0.1) is 0 Å². The monoisotopic (exact) mass is 290 g/mol. The Morgan fingerprint density at radius 1 is 1.50 bits per heavy atom. The van der Waals surface area contributed by atoms with Crippen molar-refractivity contribution in [2.24, 2.45) is 5.92 Å². The molecule has 0 radical (unpaired) electrons. The van der Waals surface area contributed by atoms with Crippen LogP contribution in [-0.4, -0.2) is 11.4 Å². The van der Waals surface area contributed by atoms with E-state index in [1.54, 1.807) is 24.3 Å². The molecule has 0 bridgehead atoms. The highest BCUT2D eigenvalue weighted by Crippen LogP contribution is 2.33. The smallest absolute Gasteiger partial charge is 0.252 e. The Morgan fingerprint density at radius 2 is 2.20 bits per heavy atom. The van der Waals surface area contributed by atoms with Gasteiger partial charge < -0.3 is 5.32 Å². The number of nitrogens with zero attached hydrogens (tertiary/aromatic N) is 1. The van der Waals surface area contributed by atoms with Crippen molar-refractivity contribution in [3.8, 4) is 6.07 Å². The van der Waals surface area contributed by atoms with Crippen LogP contribution in [0.2, 0.25) is 5.02 Å². The van der Waals surface area contributed by atoms with E-state index in [0.717, 1.165) is 32.1 Å². The first-order valence-corrected chi connectivity index (χ1v) is 7.46. The van der Waals surface area contributed by atoms with Crippen LogP contribution in [0.1, 0.15) is 49.4 Å². The first-order chi connectivity index (χ1) is 9.58. The van der Waals surface area contributed by atoms with Gasteiger partial charge in [0.1, 0.15) is 5.54 Å². The zero-order valence-corrected chi connectivity index (χ0v) is 12.4. The van der Waals surface area contributed by atoms with Crippen molar-refractivity contribution in [1.29, 1.82) is 5.26 Å². The van der Waals surface area contributed by atoms with Crippen LogP contribution < -0.4 is 5.32 Å². The van der Waals surface area contributed by atoms with Crippen LogP contribution in [0.25, 0.3) is 0 Å². The third-order valence-electron chi connectivity index (χ3n) is 4.19. The molecule has 106 valence electrons. The first-order valence-electron chi connectivity index (χ1n) is 7.08. The Bertz CT molecular complexity index is 528. The van der Waals surface area contributed by atoms with Gasteiger partial charge >= 0.3 is 0 Å². The molecule has 4 heteroatoms. The molecule has 0 heterocycles. The highest BCUT2D eigenvalue weighted by Gasteiger charge is 2.36. The van der Waals surface area contributed by atoms with Crippen LogP contribution in [0.4, 0.5) is 0 Å². The summed E-state index contributed by atoms with van der Waals surface area (Å²) in [6.07, 6.45) is 4.60. The normalized spacial score (nSPS) is 25.8. The molecule has 2 rings (SSSR count). The molecule has 0 unspecified atom stereocenters. The molecule has 0 aliphatic heterocycles. The Balaban J connectivity index is 2.07. The van der Waals surface area contributed by atoms with E-state index >= 15 is 0 Å². The first kappa shape index (κ1) is 14.9. The Morgan fingerprint density at radius 3 is 2.75 bits per heavy atom. The van der Waals surface area contributed by atoms with Crippen LogP contribution in [0, 0.1) is 17.2 Å². The molecule has 1 saturated carbocycles. The van der Waals surface area contributed by atoms with Gasteiger partial charge in [0.25, 0.3) is 5.91 Å². The molecular formula is C16H19ClN2O. The maximum atomic E-state index is 12.3. The number of rotatable bonds is 3. The van der Waals surface area contributed by atoms with Crippen molar-refractivity contribution in [2.75, 3.05) is 0 Å². The van der Waals surface area contributed by atoms with Crippen molar-refractivity contribution in [2.45, 2.75) is 44.6 Å². The lowest BCUT2D eigenvalue weighted by Gasteiger charge is -2.35. The van der Waals surface area contributed by atoms with Crippen molar-refractivity contribution < 1.29 is 4.79 Å². The van der Waals surface area contributed by atoms with Gasteiger partial charge in [-0.1, -0.05) is 31.0 Å². The molecule has 0 saturated heterocycles. The van der Waals surface area contributed by atoms with Crippen LogP contribution in [0.3, 0.4) is 0 Å². The van der Waals surface area contributed by atoms with E-state index in [2.05, 4.69) is 18.3 Å². The largest absolute Gasteiger partial charge is 0.334 e. The van der Waals surface area contributed by atoms with Gasteiger partial charge in [0.05, 0.1) is 6.07 Å². The number of amides is 1. The van der Waals surface area contributed by atoms with Crippen LogP contribution in [0.5, 0.6) is 0 Å². The van der Waals surface area contributed by atoms with E-state index in [1.165, 1.54) is 0 Å². The maximum Gasteiger partial charge on any atom is 0.252 e. The lowest BCUT2D eigenvalue weighted by atomic mass is 9.76. The zero-order chi connectivity index (χ0) is 14.6. The maximum absolute atomic E-state index is 12.3. The standard InChI is InChI=1S/C16H19ClN2O/c1-2-12-6-8-16(11-18,9-7-12)19-15(20)13-4-3-5-14(17)10-13/h3-5,10,12H,2,6-9H2,1H3,(H,19,20). The average Bonchev–Trinajstić information content (AvgIpc) is 2.48. The molecule has 0 atom stereocenters. The minimum absolute atomic E-state index is 0.219. The van der Waals surface area contributed by atoms with Crippen molar-refractivity contribution >= 4 is 17.5 Å². The summed E-state index contributed by atoms with van der Waals surface area (Å²) in [6.45, 7) is 2.18. The Labute approximate surface area is 124 Å². The second-order valence-electron chi connectivity index (χ2n) is 5.51. The summed E-state index contributed by atoms with van der Waals surface area (Å²) >= 11 is 5.89. The summed E-state index contributed by atoms with van der Waals surface area (Å²) in [4.78, 5) is 12.3. The molecular weight excluding hydrogens is 272 g/mol. The van der Waals surface area contributed by atoms with E-state index in [-0.39, 0.29) is 5.91 Å². The van der Waals surface area contributed by atoms with Crippen molar-refractivity contribution in [1.82, 2.24) is 5.32 Å². The molecule has 3 nitrogen and oxygen atoms in total. The predicted octanol–water partition coefficient (Wildman–Crippen LogP) is 3.93. The average molecular weight is 291 g/mol. The predicted molar refractivity (Wildman–Crippen MR) is 79.5 cm³/mol. The summed E-state index contributed by atoms with van der Waals surface area (Å²) in [5.41, 5.74) is -0.213. The van der Waals surface area contributed by atoms with Crippen LogP contribution in [-0.2, 0) is 0 Å². The zero-order valence-electron chi connectivity index (χ0n) is 11.7. The van der Waals surface area contributed by atoms with Gasteiger partial charge in [-0.3, -0.25) is 4.79 Å². The van der Waals surface area contributed by atoms with E-state index in [1.807, 2.05) is 0 Å². The van der Waals surface area contributed by atoms with Crippen molar-refractivity contribution in [3.63, 3.8) is 0 Å². The molecule has 1 aromatic rings. The van der Waals surface area contributed by atoms with Gasteiger partial charge in [-0.05, 0) is 49.8 Å². The fourth-order valence-electron chi connectivity index (χ4n) is 2.76. The summed E-state index contributed by atoms with van der Waals surface area (Å²) in [5.74, 6) is 0.462.